The Balaban J connectivity index is 2.80. The normalized spacial score (nSPS) is 11.7. The fourth-order valence-corrected chi connectivity index (χ4v) is 2.86. The van der Waals surface area contributed by atoms with Crippen LogP contribution < -0.4 is 10.1 Å². The molecule has 0 aromatic heterocycles. The molecule has 0 bridgehead atoms. The summed E-state index contributed by atoms with van der Waals surface area (Å²) in [5, 5.41) is 11.2. The molecule has 2 amide bonds. The maximum Gasteiger partial charge on any atom is 0.408 e. The zero-order valence-corrected chi connectivity index (χ0v) is 20.9. The van der Waals surface area contributed by atoms with Crippen molar-refractivity contribution in [2.75, 3.05) is 19.8 Å². The van der Waals surface area contributed by atoms with Gasteiger partial charge in [-0.25, -0.2) is 4.79 Å². The van der Waals surface area contributed by atoms with Gasteiger partial charge in [0.15, 0.2) is 0 Å². The number of rotatable bonds is 14. The second-order valence-corrected chi connectivity index (χ2v) is 8.88. The van der Waals surface area contributed by atoms with Crippen molar-refractivity contribution in [3.05, 3.63) is 42.5 Å². The number of ether oxygens (including phenoxy) is 3. The first-order valence-corrected chi connectivity index (χ1v) is 11.4. The van der Waals surface area contributed by atoms with Gasteiger partial charge < -0.3 is 29.5 Å². The molecule has 0 spiro atoms. The lowest BCUT2D eigenvalue weighted by molar-refractivity contribution is -0.149. The van der Waals surface area contributed by atoms with Crippen LogP contribution in [0.3, 0.4) is 0 Å². The van der Waals surface area contributed by atoms with Crippen molar-refractivity contribution in [2.45, 2.75) is 65.1 Å². The van der Waals surface area contributed by atoms with Crippen LogP contribution in [0.5, 0.6) is 5.75 Å². The molecular formula is C25H36N2O8. The summed E-state index contributed by atoms with van der Waals surface area (Å²) in [5.41, 5.74) is 0.0127. The highest BCUT2D eigenvalue weighted by Gasteiger charge is 2.26. The zero-order chi connectivity index (χ0) is 26.4. The summed E-state index contributed by atoms with van der Waals surface area (Å²) in [5.74, 6) is -1.32. The first-order chi connectivity index (χ1) is 16.4. The third kappa shape index (κ3) is 13.0. The number of hydrogen-bond donors (Lipinski definition) is 2. The van der Waals surface area contributed by atoms with Crippen LogP contribution in [0.1, 0.15) is 52.5 Å². The van der Waals surface area contributed by atoms with E-state index in [1.807, 2.05) is 0 Å². The van der Waals surface area contributed by atoms with Gasteiger partial charge in [-0.2, -0.15) is 0 Å². The summed E-state index contributed by atoms with van der Waals surface area (Å²) in [4.78, 5) is 49.1. The zero-order valence-electron chi connectivity index (χ0n) is 20.9. The molecule has 1 rings (SSSR count). The maximum atomic E-state index is 13.0. The lowest BCUT2D eigenvalue weighted by Crippen LogP contribution is -2.49. The average molecular weight is 493 g/mol. The van der Waals surface area contributed by atoms with Gasteiger partial charge in [0.25, 0.3) is 0 Å². The second-order valence-electron chi connectivity index (χ2n) is 8.88. The van der Waals surface area contributed by atoms with Gasteiger partial charge in [0.1, 0.15) is 30.5 Å². The molecule has 1 aromatic carbocycles. The summed E-state index contributed by atoms with van der Waals surface area (Å²) < 4.78 is 15.8. The van der Waals surface area contributed by atoms with Gasteiger partial charge >= 0.3 is 18.0 Å². The van der Waals surface area contributed by atoms with Gasteiger partial charge in [0, 0.05) is 13.0 Å². The Morgan fingerprint density at radius 2 is 1.80 bits per heavy atom. The van der Waals surface area contributed by atoms with Gasteiger partial charge in [-0.15, -0.1) is 0 Å². The van der Waals surface area contributed by atoms with Crippen LogP contribution in [-0.2, 0) is 30.4 Å². The summed E-state index contributed by atoms with van der Waals surface area (Å²) in [6, 6.07) is 6.04. The van der Waals surface area contributed by atoms with E-state index in [2.05, 4.69) is 11.9 Å². The smallest absolute Gasteiger partial charge is 0.408 e. The molecule has 35 heavy (non-hydrogen) atoms. The number of unbranched alkanes of at least 4 members (excludes halogenated alkanes) is 1. The standard InChI is InChI=1S/C25H36N2O8/c1-6-14-34-22(30)17-27(23(31)18(2)26-24(32)35-25(3,4)5)16-19-10-12-20(13-11-19)33-15-8-7-9-21(28)29/h6,10-13,18H,1,7-9,14-17H2,2-5H3,(H,26,32)(H,28,29)/t18-/m0/s1. The number of nitrogens with zero attached hydrogens (tertiary/aromatic N) is 1. The van der Waals surface area contributed by atoms with E-state index in [-0.39, 0.29) is 26.1 Å². The van der Waals surface area contributed by atoms with Crippen molar-refractivity contribution in [3.8, 4) is 5.75 Å². The minimum Gasteiger partial charge on any atom is -0.494 e. The van der Waals surface area contributed by atoms with Crippen LogP contribution in [0.4, 0.5) is 4.79 Å². The van der Waals surface area contributed by atoms with E-state index in [0.717, 1.165) is 5.56 Å². The summed E-state index contributed by atoms with van der Waals surface area (Å²) in [7, 11) is 0. The van der Waals surface area contributed by atoms with E-state index in [1.165, 1.54) is 17.9 Å². The Bertz CT molecular complexity index is 861. The van der Waals surface area contributed by atoms with E-state index in [9.17, 15) is 19.2 Å². The Morgan fingerprint density at radius 3 is 2.37 bits per heavy atom. The summed E-state index contributed by atoms with van der Waals surface area (Å²) >= 11 is 0. The maximum absolute atomic E-state index is 13.0. The van der Waals surface area contributed by atoms with E-state index in [4.69, 9.17) is 19.3 Å². The van der Waals surface area contributed by atoms with Crippen LogP contribution in [0.2, 0.25) is 0 Å². The van der Waals surface area contributed by atoms with Crippen molar-refractivity contribution in [1.29, 1.82) is 0 Å². The van der Waals surface area contributed by atoms with Crippen LogP contribution in [-0.4, -0.2) is 65.3 Å². The lowest BCUT2D eigenvalue weighted by atomic mass is 10.2. The Kier molecular flexibility index (Phi) is 12.3. The number of alkyl carbamates (subject to hydrolysis) is 1. The molecule has 0 aliphatic rings. The highest BCUT2D eigenvalue weighted by Crippen LogP contribution is 2.15. The molecule has 1 atom stereocenters. The fourth-order valence-electron chi connectivity index (χ4n) is 2.86. The molecule has 10 heteroatoms. The van der Waals surface area contributed by atoms with Crippen molar-refractivity contribution < 1.29 is 38.5 Å². The molecule has 0 radical (unpaired) electrons. The number of carbonyl (C=O) groups excluding carboxylic acids is 3. The third-order valence-electron chi connectivity index (χ3n) is 4.45. The highest BCUT2D eigenvalue weighted by molar-refractivity contribution is 5.88. The molecule has 0 aliphatic carbocycles. The quantitative estimate of drug-likeness (QED) is 0.230. The molecule has 10 nitrogen and oxygen atoms in total. The average Bonchev–Trinajstić information content (AvgIpc) is 2.76. The van der Waals surface area contributed by atoms with Gasteiger partial charge in [0.05, 0.1) is 6.61 Å². The Morgan fingerprint density at radius 1 is 1.14 bits per heavy atom. The molecule has 194 valence electrons. The van der Waals surface area contributed by atoms with Crippen molar-refractivity contribution in [3.63, 3.8) is 0 Å². The van der Waals surface area contributed by atoms with Crippen molar-refractivity contribution in [2.24, 2.45) is 0 Å². The Hall–Kier alpha value is -3.56. The molecule has 0 fully saturated rings. The predicted molar refractivity (Wildman–Crippen MR) is 129 cm³/mol. The minimum atomic E-state index is -0.939. The number of nitrogens with one attached hydrogen (secondary N) is 1. The van der Waals surface area contributed by atoms with Crippen LogP contribution in [0, 0.1) is 0 Å². The molecule has 0 unspecified atom stereocenters. The van der Waals surface area contributed by atoms with Gasteiger partial charge in [-0.05, 0) is 58.2 Å². The van der Waals surface area contributed by atoms with Crippen LogP contribution in [0.15, 0.2) is 36.9 Å². The molecule has 2 N–H and O–H groups in total. The van der Waals surface area contributed by atoms with Crippen molar-refractivity contribution >= 4 is 23.9 Å². The SMILES string of the molecule is C=CCOC(=O)CN(Cc1ccc(OCCCCC(=O)O)cc1)C(=O)[C@H](C)NC(=O)OC(C)(C)C. The first-order valence-electron chi connectivity index (χ1n) is 11.4. The topological polar surface area (TPSA) is 131 Å². The largest absolute Gasteiger partial charge is 0.494 e. The number of carbonyl (C=O) groups is 4. The van der Waals surface area contributed by atoms with Crippen LogP contribution >= 0.6 is 0 Å². The van der Waals surface area contributed by atoms with E-state index >= 15 is 0 Å². The molecule has 1 aromatic rings. The molecular weight excluding hydrogens is 456 g/mol. The third-order valence-corrected chi connectivity index (χ3v) is 4.45. The molecule has 0 saturated heterocycles. The van der Waals surface area contributed by atoms with Gasteiger partial charge in [-0.3, -0.25) is 14.4 Å². The molecule has 0 aliphatic heterocycles. The van der Waals surface area contributed by atoms with E-state index in [0.29, 0.717) is 25.2 Å². The summed E-state index contributed by atoms with van der Waals surface area (Å²) in [6.07, 6.45) is 1.94. The monoisotopic (exact) mass is 492 g/mol. The number of hydrogen-bond acceptors (Lipinski definition) is 7. The highest BCUT2D eigenvalue weighted by atomic mass is 16.6. The first kappa shape index (κ1) is 29.5. The molecule has 0 heterocycles. The second kappa shape index (κ2) is 14.6. The number of carboxylic acid groups (broad SMARTS) is 1. The number of benzene rings is 1. The van der Waals surface area contributed by atoms with Gasteiger partial charge in [0.2, 0.25) is 5.91 Å². The van der Waals surface area contributed by atoms with E-state index in [1.54, 1.807) is 45.0 Å². The number of aliphatic carboxylic acids is 1. The molecule has 0 saturated carbocycles. The number of amides is 2. The van der Waals surface area contributed by atoms with Crippen molar-refractivity contribution in [1.82, 2.24) is 10.2 Å². The Labute approximate surface area is 206 Å². The van der Waals surface area contributed by atoms with Gasteiger partial charge in [-0.1, -0.05) is 24.8 Å². The lowest BCUT2D eigenvalue weighted by Gasteiger charge is -2.27. The fraction of sp³-hybridized carbons (Fsp3) is 0.520. The van der Waals surface area contributed by atoms with Crippen LogP contribution in [0.25, 0.3) is 0 Å². The number of esters is 1. The summed E-state index contributed by atoms with van der Waals surface area (Å²) in [6.45, 7) is 10.3. The predicted octanol–water partition coefficient (Wildman–Crippen LogP) is 3.29. The van der Waals surface area contributed by atoms with E-state index < -0.39 is 35.6 Å². The number of carboxylic acids is 1. The minimum absolute atomic E-state index is 0.0189.